The highest BCUT2D eigenvalue weighted by Crippen LogP contribution is 2.32. The Labute approximate surface area is 606 Å². The summed E-state index contributed by atoms with van der Waals surface area (Å²) in [6.45, 7) is 36.5. The minimum Gasteiger partial charge on any atom is -0.309 e. The van der Waals surface area contributed by atoms with Crippen LogP contribution in [0.5, 0.6) is 0 Å². The molecule has 2 unspecified atom stereocenters. The zero-order valence-corrected chi connectivity index (χ0v) is 70.8. The maximum atomic E-state index is 2.42. The van der Waals surface area contributed by atoms with Gasteiger partial charge in [0, 0.05) is 50.3 Å². The van der Waals surface area contributed by atoms with Crippen molar-refractivity contribution < 1.29 is 0 Å². The number of nitrogens with zero attached hydrogens (tertiary/aromatic N) is 10. The van der Waals surface area contributed by atoms with Crippen molar-refractivity contribution in [2.45, 2.75) is 312 Å². The molecular formula is C86H182N10. The fourth-order valence-corrected chi connectivity index (χ4v) is 16.9. The largest absolute Gasteiger partial charge is 0.309 e. The fourth-order valence-electron chi connectivity index (χ4n) is 16.9. The molecule has 0 amide bonds. The van der Waals surface area contributed by atoms with Gasteiger partial charge in [-0.3, -0.25) is 0 Å². The Morgan fingerprint density at radius 2 is 0.448 bits per heavy atom. The van der Waals surface area contributed by atoms with Crippen LogP contribution in [-0.4, -0.2) is 251 Å². The van der Waals surface area contributed by atoms with Crippen molar-refractivity contribution in [3.8, 4) is 0 Å². The second-order valence-electron chi connectivity index (χ2n) is 36.4. The minimum atomic E-state index is 0.871. The summed E-state index contributed by atoms with van der Waals surface area (Å²) in [5, 5.41) is 0. The van der Waals surface area contributed by atoms with Crippen LogP contribution in [0, 0.1) is 71.0 Å². The van der Waals surface area contributed by atoms with Crippen LogP contribution in [0.3, 0.4) is 0 Å². The van der Waals surface area contributed by atoms with E-state index in [9.17, 15) is 0 Å². The van der Waals surface area contributed by atoms with Crippen LogP contribution in [0.2, 0.25) is 0 Å². The van der Waals surface area contributed by atoms with Gasteiger partial charge in [-0.1, -0.05) is 114 Å². The first-order chi connectivity index (χ1) is 45.4. The molecule has 0 spiro atoms. The van der Waals surface area contributed by atoms with Gasteiger partial charge in [0.15, 0.2) is 0 Å². The van der Waals surface area contributed by atoms with Gasteiger partial charge in [0.05, 0.1) is 0 Å². The lowest BCUT2D eigenvalue weighted by atomic mass is 9.83. The Balaban J connectivity index is 0.000000535. The Bertz CT molecular complexity index is 1550. The summed E-state index contributed by atoms with van der Waals surface area (Å²) in [5.41, 5.74) is 0. The van der Waals surface area contributed by atoms with Gasteiger partial charge in [-0.2, -0.15) is 0 Å². The minimum absolute atomic E-state index is 0.871. The highest BCUT2D eigenvalue weighted by Gasteiger charge is 2.25. The monoisotopic (exact) mass is 1360 g/mol. The summed E-state index contributed by atoms with van der Waals surface area (Å²) < 4.78 is 0. The van der Waals surface area contributed by atoms with E-state index in [0.717, 1.165) is 95.2 Å². The standard InChI is InChI=1S/4C10H21N.2C9H19N.C8H17N.2C7H15N.C6H13N/c2*1-9-4-6-10(7-5-9)8-11(2)3;2*1-4-9-5-7-10(8-6-9)11(2)3;2*1-8-4-6-9(7-5-8)10(2)3;1-3-8-4-6-9(2)7-5-8;1-7-3-5-8(2)6-4-7;1-7-4-3-5-8(2)6-7;1-6-3-4-7(2)5-6/h4*9-10H,4-8H2,1-3H3;2*8-9H,4-7H2,1-3H3;8H,3-7H2,1-2H3;2*7H,3-6H2,1-2H3;6H,3-5H2,1-2H3. The molecule has 10 nitrogen and oxygen atoms in total. The lowest BCUT2D eigenvalue weighted by Crippen LogP contribution is -2.31. The SMILES string of the molecule is CC1CCC(CN(C)C)CC1.CC1CCC(CN(C)C)CC1.CC1CCC(N(C)C)CC1.CC1CCC(N(C)C)CC1.CC1CCCN(C)C1.CC1CCN(C)C1.CC1CCN(C)CC1.CCC1CCC(N(C)C)CC1.CCC1CCC(N(C)C)CC1.CCC1CCN(C)CC1. The third kappa shape index (κ3) is 48.5. The zero-order valence-electron chi connectivity index (χ0n) is 70.8. The van der Waals surface area contributed by atoms with E-state index in [1.165, 1.54) is 284 Å². The first-order valence-corrected chi connectivity index (χ1v) is 42.1. The predicted octanol–water partition coefficient (Wildman–Crippen LogP) is 19.4. The molecule has 0 bridgehead atoms. The van der Waals surface area contributed by atoms with E-state index in [4.69, 9.17) is 0 Å². The average Bonchev–Trinajstić information content (AvgIpc) is 1.78. The summed E-state index contributed by atoms with van der Waals surface area (Å²) in [6.07, 6.45) is 48.6. The molecule has 4 aliphatic heterocycles. The second kappa shape index (κ2) is 56.1. The number of hydrogen-bond acceptors (Lipinski definition) is 10. The predicted molar refractivity (Wildman–Crippen MR) is 433 cm³/mol. The van der Waals surface area contributed by atoms with Crippen LogP contribution >= 0.6 is 0 Å². The summed E-state index contributed by atoms with van der Waals surface area (Å²) in [4.78, 5) is 23.8. The topological polar surface area (TPSA) is 32.4 Å². The Morgan fingerprint density at radius 1 is 0.229 bits per heavy atom. The van der Waals surface area contributed by atoms with Gasteiger partial charge in [0.1, 0.15) is 0 Å². The van der Waals surface area contributed by atoms with Crippen LogP contribution in [-0.2, 0) is 0 Å². The van der Waals surface area contributed by atoms with E-state index >= 15 is 0 Å². The van der Waals surface area contributed by atoms with Crippen molar-refractivity contribution in [3.63, 3.8) is 0 Å². The van der Waals surface area contributed by atoms with Gasteiger partial charge in [-0.25, -0.2) is 0 Å². The van der Waals surface area contributed by atoms with E-state index in [2.05, 4.69) is 231 Å². The molecule has 4 saturated heterocycles. The van der Waals surface area contributed by atoms with Gasteiger partial charge >= 0.3 is 0 Å². The number of hydrogen-bond donors (Lipinski definition) is 0. The molecule has 6 saturated carbocycles. The fraction of sp³-hybridized carbons (Fsp3) is 1.00. The lowest BCUT2D eigenvalue weighted by Gasteiger charge is -2.32. The van der Waals surface area contributed by atoms with Crippen LogP contribution in [0.15, 0.2) is 0 Å². The van der Waals surface area contributed by atoms with Gasteiger partial charge in [0.25, 0.3) is 0 Å². The smallest absolute Gasteiger partial charge is 0.00893 e. The summed E-state index contributed by atoms with van der Waals surface area (Å²) in [5.74, 6) is 11.9. The van der Waals surface area contributed by atoms with Crippen molar-refractivity contribution >= 4 is 0 Å². The highest BCUT2D eigenvalue weighted by molar-refractivity contribution is 4.80. The normalized spacial score (nSPS) is 32.0. The van der Waals surface area contributed by atoms with E-state index in [1.807, 2.05) is 0 Å². The Hall–Kier alpha value is -0.400. The first-order valence-electron chi connectivity index (χ1n) is 42.1. The molecule has 0 aromatic heterocycles. The highest BCUT2D eigenvalue weighted by atomic mass is 15.1. The van der Waals surface area contributed by atoms with Crippen LogP contribution in [0.1, 0.15) is 288 Å². The molecule has 0 aromatic rings. The van der Waals surface area contributed by atoms with Gasteiger partial charge in [-0.05, 0) is 396 Å². The molecule has 4 heterocycles. The summed E-state index contributed by atoms with van der Waals surface area (Å²) in [6, 6.07) is 3.49. The van der Waals surface area contributed by atoms with Crippen LogP contribution < -0.4 is 0 Å². The maximum Gasteiger partial charge on any atom is 0.00893 e. The summed E-state index contributed by atoms with van der Waals surface area (Å²) >= 11 is 0. The molecule has 10 aliphatic rings. The Kier molecular flexibility index (Phi) is 54.7. The van der Waals surface area contributed by atoms with Crippen molar-refractivity contribution in [2.24, 2.45) is 71.0 Å². The molecule has 0 radical (unpaired) electrons. The third-order valence-corrected chi connectivity index (χ3v) is 25.1. The Morgan fingerprint density at radius 3 is 0.667 bits per heavy atom. The van der Waals surface area contributed by atoms with Crippen molar-refractivity contribution in [2.75, 3.05) is 178 Å². The molecule has 2 atom stereocenters. The van der Waals surface area contributed by atoms with Crippen molar-refractivity contribution in [1.82, 2.24) is 49.0 Å². The van der Waals surface area contributed by atoms with Crippen molar-refractivity contribution in [3.05, 3.63) is 0 Å². The molecule has 576 valence electrons. The van der Waals surface area contributed by atoms with Crippen molar-refractivity contribution in [1.29, 1.82) is 0 Å². The molecule has 0 N–H and O–H groups in total. The first kappa shape index (κ1) is 93.6. The van der Waals surface area contributed by atoms with Gasteiger partial charge in [0.2, 0.25) is 0 Å². The lowest BCUT2D eigenvalue weighted by molar-refractivity contribution is 0.191. The molecule has 6 aliphatic carbocycles. The molecule has 96 heavy (non-hydrogen) atoms. The molecule has 10 rings (SSSR count). The van der Waals surface area contributed by atoms with E-state index < -0.39 is 0 Å². The molecule has 10 heteroatoms. The number of piperidine rings is 3. The maximum absolute atomic E-state index is 2.42. The molecular weight excluding hydrogens is 1170 g/mol. The molecule has 10 fully saturated rings. The zero-order chi connectivity index (χ0) is 72.1. The average molecular weight is 1360 g/mol. The number of rotatable bonds is 11. The van der Waals surface area contributed by atoms with Gasteiger partial charge in [-0.15, -0.1) is 0 Å². The molecule has 0 aromatic carbocycles. The van der Waals surface area contributed by atoms with E-state index in [-0.39, 0.29) is 0 Å². The van der Waals surface area contributed by atoms with Crippen LogP contribution in [0.4, 0.5) is 0 Å². The van der Waals surface area contributed by atoms with E-state index in [1.54, 1.807) is 0 Å². The quantitative estimate of drug-likeness (QED) is 0.199. The van der Waals surface area contributed by atoms with Crippen LogP contribution in [0.25, 0.3) is 0 Å². The van der Waals surface area contributed by atoms with Gasteiger partial charge < -0.3 is 49.0 Å². The second-order valence-corrected chi connectivity index (χ2v) is 36.4. The third-order valence-electron chi connectivity index (χ3n) is 25.1. The summed E-state index contributed by atoms with van der Waals surface area (Å²) in [7, 11) is 35.1. The number of likely N-dealkylation sites (tertiary alicyclic amines) is 4. The van der Waals surface area contributed by atoms with E-state index in [0.29, 0.717) is 0 Å².